The van der Waals surface area contributed by atoms with Crippen LogP contribution in [-0.2, 0) is 178 Å². The van der Waals surface area contributed by atoms with E-state index in [0.29, 0.717) is 25.1 Å². The second kappa shape index (κ2) is 38.7. The van der Waals surface area contributed by atoms with Crippen molar-refractivity contribution in [2.24, 2.45) is 5.73 Å². The van der Waals surface area contributed by atoms with Crippen LogP contribution in [0.1, 0.15) is 77.3 Å². The van der Waals surface area contributed by atoms with E-state index in [0.717, 1.165) is 73.8 Å². The van der Waals surface area contributed by atoms with Gasteiger partial charge < -0.3 is 20.9 Å². The molecule has 0 aliphatic heterocycles. The molecule has 0 saturated carbocycles. The number of halogens is 1. The smallest absolute Gasteiger partial charge is 0.425 e. The summed E-state index contributed by atoms with van der Waals surface area (Å²) in [6.45, 7) is 9.06. The Balaban J connectivity index is 0.000000209. The number of ether oxygens (including phenoxy) is 1. The minimum absolute atomic E-state index is 0.00126. The van der Waals surface area contributed by atoms with Gasteiger partial charge >= 0.3 is 12.1 Å². The second-order valence-electron chi connectivity index (χ2n) is 20.4. The van der Waals surface area contributed by atoms with E-state index < -0.39 is 44.8 Å². The van der Waals surface area contributed by atoms with E-state index in [-0.39, 0.29) is 125 Å². The molecule has 0 aliphatic rings. The van der Waals surface area contributed by atoms with Gasteiger partial charge in [-0.25, -0.2) is 9.21 Å². The summed E-state index contributed by atoms with van der Waals surface area (Å²) in [6.07, 6.45) is 4.31. The highest BCUT2D eigenvalue weighted by Crippen LogP contribution is 2.31. The molecule has 10 rings (SSSR count). The molecule has 0 unspecified atom stereocenters. The van der Waals surface area contributed by atoms with Crippen LogP contribution in [0.15, 0.2) is 123 Å². The van der Waals surface area contributed by atoms with Gasteiger partial charge in [-0.2, -0.15) is 0 Å². The maximum Gasteiger partial charge on any atom is 0.425 e. The van der Waals surface area contributed by atoms with Gasteiger partial charge in [-0.1, -0.05) is 73.5 Å². The first-order chi connectivity index (χ1) is 45.0. The Morgan fingerprint density at radius 2 is 0.862 bits per heavy atom. The molecule has 0 saturated heterocycles. The molecule has 2 aromatic heterocycles. The molecule has 2 heterocycles. The van der Waals surface area contributed by atoms with E-state index in [4.69, 9.17) is 49.7 Å². The third kappa shape index (κ3) is 20.6. The van der Waals surface area contributed by atoms with Gasteiger partial charge in [0.05, 0.1) is 40.3 Å². The maximum atomic E-state index is 13.5. The number of carboxylic acid groups (broad SMARTS) is 1. The summed E-state index contributed by atoms with van der Waals surface area (Å²) in [6, 6.07) is 22.5. The molecule has 8 aromatic carbocycles. The molecule has 94 heavy (non-hydrogen) atoms. The Morgan fingerprint density at radius 3 is 1.21 bits per heavy atom. The van der Waals surface area contributed by atoms with Crippen LogP contribution in [-0.4, -0.2) is 52.7 Å². The van der Waals surface area contributed by atoms with Gasteiger partial charge in [-0.05, 0) is 95.3 Å². The topological polar surface area (TPSA) is 259 Å². The van der Waals surface area contributed by atoms with E-state index in [1.807, 2.05) is 27.7 Å². The normalized spacial score (nSPS) is 10.7. The Bertz CT molecular complexity index is 5620. The van der Waals surface area contributed by atoms with Crippen molar-refractivity contribution in [2.45, 2.75) is 84.7 Å². The fourth-order valence-electron chi connectivity index (χ4n) is 9.47. The average molecular weight is 1620 g/mol. The van der Waals surface area contributed by atoms with Crippen LogP contribution in [0.4, 0.5) is 4.79 Å². The second-order valence-corrected chi connectivity index (χ2v) is 44.1. The van der Waals surface area contributed by atoms with Crippen LogP contribution in [0.5, 0.6) is 0 Å². The molecule has 0 radical (unpaired) electrons. The number of unbranched alkanes of at least 4 members (excludes halogenated alkanes) is 3. The van der Waals surface area contributed by atoms with E-state index in [9.17, 15) is 52.7 Å². The third-order valence-electron chi connectivity index (χ3n) is 13.3. The number of carbonyl (C=O) groups excluding carboxylic acids is 2. The number of carbonyl (C=O) groups is 3. The predicted molar refractivity (Wildman–Crippen MR) is 431 cm³/mol. The lowest BCUT2D eigenvalue weighted by molar-refractivity contribution is -0.137. The lowest BCUT2D eigenvalue weighted by atomic mass is 9.99. The van der Waals surface area contributed by atoms with E-state index >= 15 is 0 Å². The number of nitrogens with one attached hydrogen (secondary N) is 1. The number of carboxylic acids is 1. The fourth-order valence-corrected chi connectivity index (χ4v) is 36.7. The molecule has 0 atom stereocenters. The molecule has 2 amide bonds. The Hall–Kier alpha value is -4.38. The molecule has 0 spiro atoms. The van der Waals surface area contributed by atoms with Crippen LogP contribution in [0, 0.1) is 0 Å². The van der Waals surface area contributed by atoms with Crippen LogP contribution < -0.4 is 54.5 Å². The number of nitrogens with zero attached hydrogens (tertiary/aromatic N) is 1. The van der Waals surface area contributed by atoms with Crippen LogP contribution >= 0.6 is 34.5 Å². The highest BCUT2D eigenvalue weighted by molar-refractivity contribution is 8.75. The number of rotatable bonds is 13. The van der Waals surface area contributed by atoms with Crippen molar-refractivity contribution in [1.82, 2.24) is 9.74 Å². The third-order valence-corrected chi connectivity index (χ3v) is 38.3. The average Bonchev–Trinajstić information content (AvgIpc) is 1.55. The minimum atomic E-state index is -0.966. The first-order valence-corrected chi connectivity index (χ1v) is 48.1. The first kappa shape index (κ1) is 78.6. The monoisotopic (exact) mass is 1620 g/mol. The SMILES string of the molecule is CC(C)(C)OC(=O)N(Cl)CCCCCCN.CCNC(=O)CCc1ccc2c(=O)c3sc4c(=O)c5ccccc5c(=O)c4c3c(=O)c2c1.O=C(O)CCc1ccc2c(=O)c3sc4c(=O)c5ccccc5c(=O)c4c3c(=O)c2c1.S=S=S.S=S=S=S=S=S=S=S=S=S=S=S=S. The minimum Gasteiger partial charge on any atom is -0.481 e. The maximum absolute atomic E-state index is 13.5. The highest BCUT2D eigenvalue weighted by atomic mass is 35.5. The zero-order chi connectivity index (χ0) is 68.8. The highest BCUT2D eigenvalue weighted by Gasteiger charge is 2.25. The summed E-state index contributed by atoms with van der Waals surface area (Å²) >= 11 is 25.2. The van der Waals surface area contributed by atoms with Gasteiger partial charge in [0.25, 0.3) is 0 Å². The standard InChI is InChI=1S/C25H17NO5S.C23H12O6S.C11H23ClN2O2.S13.S3/c1-2-26-17(27)10-8-12-7-9-15-16(11-12)21(29)19-18-20(28)13-5-3-4-6-14(13)22(30)24(18)32-25(19)23(15)31;24-15(25)8-6-10-5-7-13-14(9-10)19(27)17-16-18(26)11-3-1-2-4-12(11)20(28)22(16)30-23(17)21(13)29;1-11(2,3)16-10(15)14(12)9-7-5-4-6-8-13;1-3-5-7-9-11-13-12-10-8-6-4-2;1-3-2/h3-7,9,11H,2,8,10H2,1H3,(H,26,27);1-5,7,9H,6,8H2,(H,24,25);4-9,13H2,1-3H3;;. The molecule has 35 heteroatoms. The van der Waals surface area contributed by atoms with Crippen molar-refractivity contribution >= 4 is 287 Å². The summed E-state index contributed by atoms with van der Waals surface area (Å²) in [5, 5.41) is 13.5. The van der Waals surface area contributed by atoms with Crippen molar-refractivity contribution in [1.29, 1.82) is 0 Å². The Morgan fingerprint density at radius 1 is 0.521 bits per heavy atom. The van der Waals surface area contributed by atoms with E-state index in [1.165, 1.54) is 36.0 Å². The summed E-state index contributed by atoms with van der Waals surface area (Å²) in [7, 11) is 19.0. The lowest BCUT2D eigenvalue weighted by Gasteiger charge is -2.22. The van der Waals surface area contributed by atoms with Crippen LogP contribution in [0.2, 0.25) is 0 Å². The number of aryl methyl sites for hydroxylation is 2. The van der Waals surface area contributed by atoms with Gasteiger partial charge in [-0.3, -0.25) is 47.9 Å². The molecule has 0 bridgehead atoms. The van der Waals surface area contributed by atoms with E-state index in [1.54, 1.807) is 147 Å². The number of thiophene rings is 2. The quantitative estimate of drug-likeness (QED) is 0.0724. The first-order valence-electron chi connectivity index (χ1n) is 27.5. The summed E-state index contributed by atoms with van der Waals surface area (Å²) in [4.78, 5) is 139. The molecule has 4 N–H and O–H groups in total. The van der Waals surface area contributed by atoms with Crippen molar-refractivity contribution in [3.8, 4) is 0 Å². The predicted octanol–water partition coefficient (Wildman–Crippen LogP) is 8.30. The van der Waals surface area contributed by atoms with Crippen LogP contribution in [0.3, 0.4) is 0 Å². The van der Waals surface area contributed by atoms with Gasteiger partial charge in [-0.15, -0.1) is 22.7 Å². The number of hydrogen-bond acceptors (Lipinski definition) is 19. The summed E-state index contributed by atoms with van der Waals surface area (Å²) in [5.41, 5.74) is 2.97. The van der Waals surface area contributed by atoms with Gasteiger partial charge in [0, 0.05) is 232 Å². The molecule has 0 aliphatic carbocycles. The summed E-state index contributed by atoms with van der Waals surface area (Å²) < 4.78 is 6.71. The molecular weight excluding hydrogens is 1570 g/mol. The van der Waals surface area contributed by atoms with Gasteiger partial charge in [0.1, 0.15) is 5.60 Å². The fraction of sp³-hybridized carbons (Fsp3) is 0.271. The van der Waals surface area contributed by atoms with Crippen molar-refractivity contribution in [3.63, 3.8) is 0 Å². The Labute approximate surface area is 601 Å². The van der Waals surface area contributed by atoms with E-state index in [2.05, 4.69) is 27.7 Å². The lowest BCUT2D eigenvalue weighted by Crippen LogP contribution is -2.31. The zero-order valence-electron chi connectivity index (χ0n) is 49.5. The van der Waals surface area contributed by atoms with Crippen molar-refractivity contribution in [2.75, 3.05) is 19.6 Å². The Kier molecular flexibility index (Phi) is 32.4. The van der Waals surface area contributed by atoms with Gasteiger partial charge in [0.2, 0.25) is 27.6 Å². The number of hydrogen-bond donors (Lipinski definition) is 3. The number of fused-ring (bicyclic) bond motifs is 10. The number of benzene rings is 8. The summed E-state index contributed by atoms with van der Waals surface area (Å²) in [5.74, 6) is -1.06. The number of nitrogens with two attached hydrogens (primary N) is 1. The van der Waals surface area contributed by atoms with Crippen LogP contribution in [0.25, 0.3) is 83.4 Å². The van der Waals surface area contributed by atoms with Crippen molar-refractivity contribution in [3.05, 3.63) is 178 Å². The largest absolute Gasteiger partial charge is 0.481 e. The molecule has 16 nitrogen and oxygen atoms in total. The molecule has 496 valence electrons. The molecular formula is C59H52ClN3O13S18. The molecule has 10 aromatic rings. The zero-order valence-corrected chi connectivity index (χ0v) is 64.9. The van der Waals surface area contributed by atoms with Crippen molar-refractivity contribution < 1.29 is 24.2 Å². The molecule has 0 fully saturated rings. The van der Waals surface area contributed by atoms with Gasteiger partial charge in [0.15, 0.2) is 21.7 Å². The number of aliphatic carboxylic acids is 1. The number of amides is 2.